The van der Waals surface area contributed by atoms with Gasteiger partial charge in [0.05, 0.1) is 19.7 Å². The summed E-state index contributed by atoms with van der Waals surface area (Å²) in [6, 6.07) is 3.58. The highest BCUT2D eigenvalue weighted by atomic mass is 35.5. The average Bonchev–Trinajstić information content (AvgIpc) is 3.27. The second kappa shape index (κ2) is 8.87. The predicted octanol–water partition coefficient (Wildman–Crippen LogP) is -1.83. The largest absolute Gasteiger partial charge is 1.00 e. The molecule has 0 bridgehead atoms. The van der Waals surface area contributed by atoms with Crippen LogP contribution in [-0.2, 0) is 9.53 Å². The molecule has 4 rings (SSSR count). The first-order valence-electron chi connectivity index (χ1n) is 9.45. The summed E-state index contributed by atoms with van der Waals surface area (Å²) in [6.07, 6.45) is 1.49. The molecule has 10 heteroatoms. The van der Waals surface area contributed by atoms with Crippen molar-refractivity contribution in [2.45, 2.75) is 18.9 Å². The smallest absolute Gasteiger partial charge is 1.00 e. The van der Waals surface area contributed by atoms with Crippen LogP contribution in [0.2, 0.25) is 0 Å². The van der Waals surface area contributed by atoms with Gasteiger partial charge < -0.3 is 42.2 Å². The number of benzene rings is 1. The van der Waals surface area contributed by atoms with E-state index in [1.165, 1.54) is 0 Å². The van der Waals surface area contributed by atoms with Crippen molar-refractivity contribution in [3.8, 4) is 11.5 Å². The number of anilines is 2. The number of hydrogen-bond acceptors (Lipinski definition) is 8. The monoisotopic (exact) mass is 423 g/mol. The predicted molar refractivity (Wildman–Crippen MR) is 106 cm³/mol. The van der Waals surface area contributed by atoms with E-state index in [9.17, 15) is 4.79 Å². The molecule has 2 aromatic rings. The van der Waals surface area contributed by atoms with Gasteiger partial charge in [-0.25, -0.2) is 4.98 Å². The number of hydrogen-bond donors (Lipinski definition) is 1. The van der Waals surface area contributed by atoms with E-state index in [0.717, 1.165) is 12.8 Å². The third-order valence-electron chi connectivity index (χ3n) is 5.30. The minimum atomic E-state index is -0.276. The summed E-state index contributed by atoms with van der Waals surface area (Å²) in [6.45, 7) is 3.21. The molecule has 1 atom stereocenters. The van der Waals surface area contributed by atoms with Gasteiger partial charge in [0.25, 0.3) is 5.91 Å². The number of aromatic nitrogens is 2. The van der Waals surface area contributed by atoms with Crippen molar-refractivity contribution in [2.75, 3.05) is 57.6 Å². The van der Waals surface area contributed by atoms with Gasteiger partial charge in [-0.15, -0.1) is 0 Å². The Morgan fingerprint density at radius 3 is 2.48 bits per heavy atom. The maximum atomic E-state index is 12.5. The van der Waals surface area contributed by atoms with E-state index in [2.05, 4.69) is 9.97 Å². The Hall–Kier alpha value is -2.52. The quantitative estimate of drug-likeness (QED) is 0.613. The summed E-state index contributed by atoms with van der Waals surface area (Å²) in [5, 5.41) is 0.716. The molecule has 1 aromatic heterocycles. The lowest BCUT2D eigenvalue weighted by molar-refractivity contribution is -0.141. The zero-order valence-corrected chi connectivity index (χ0v) is 17.3. The molecule has 2 saturated heterocycles. The fraction of sp³-hybridized carbons (Fsp3) is 0.526. The maximum Gasteiger partial charge on any atom is 1.00 e. The number of carbonyl (C=O) groups is 1. The number of fused-ring (bicyclic) bond motifs is 1. The van der Waals surface area contributed by atoms with Crippen molar-refractivity contribution in [2.24, 2.45) is 0 Å². The fourth-order valence-corrected chi connectivity index (χ4v) is 3.71. The summed E-state index contributed by atoms with van der Waals surface area (Å²) in [7, 11) is 3.16. The van der Waals surface area contributed by atoms with Crippen LogP contribution in [0.15, 0.2) is 12.1 Å². The van der Waals surface area contributed by atoms with Crippen LogP contribution in [-0.4, -0.2) is 73.9 Å². The summed E-state index contributed by atoms with van der Waals surface area (Å²) in [5.41, 5.74) is 6.87. The molecule has 1 unspecified atom stereocenters. The number of halogens is 1. The van der Waals surface area contributed by atoms with Gasteiger partial charge in [0.2, 0.25) is 5.95 Å². The Balaban J connectivity index is 0.00000160. The molecule has 0 aliphatic carbocycles. The number of ether oxygens (including phenoxy) is 3. The van der Waals surface area contributed by atoms with Gasteiger partial charge in [-0.05, 0) is 18.9 Å². The first-order valence-corrected chi connectivity index (χ1v) is 9.45. The van der Waals surface area contributed by atoms with Gasteiger partial charge in [0, 0.05) is 44.2 Å². The van der Waals surface area contributed by atoms with E-state index in [1.54, 1.807) is 26.4 Å². The first kappa shape index (κ1) is 21.2. The molecule has 0 saturated carbocycles. The highest BCUT2D eigenvalue weighted by Gasteiger charge is 2.31. The number of nitrogens with two attached hydrogens (primary N) is 1. The number of carbonyl (C=O) groups excluding carboxylic acids is 1. The van der Waals surface area contributed by atoms with Crippen LogP contribution < -0.4 is 32.5 Å². The second-order valence-electron chi connectivity index (χ2n) is 6.95. The normalized spacial score (nSPS) is 19.2. The van der Waals surface area contributed by atoms with Gasteiger partial charge in [0.15, 0.2) is 11.5 Å². The van der Waals surface area contributed by atoms with E-state index in [4.69, 9.17) is 19.9 Å². The lowest BCUT2D eigenvalue weighted by Gasteiger charge is -2.35. The van der Waals surface area contributed by atoms with Crippen molar-refractivity contribution >= 4 is 28.6 Å². The minimum Gasteiger partial charge on any atom is -1.00 e. The third kappa shape index (κ3) is 4.11. The number of nitrogens with zero attached hydrogens (tertiary/aromatic N) is 4. The van der Waals surface area contributed by atoms with Crippen LogP contribution >= 0.6 is 0 Å². The molecule has 3 heterocycles. The molecule has 0 radical (unpaired) electrons. The standard InChI is InChI=1S/C19H25N5O4.ClH/c1-26-15-10-12-13(11-16(15)27-2)21-19(22-17(12)20)24-7-5-23(6-8-24)18(25)14-4-3-9-28-14;/h10-11,14H,3-9H2,1-2H3,(H2,20,21,22);1H. The molecule has 2 fully saturated rings. The first-order chi connectivity index (χ1) is 13.6. The summed E-state index contributed by atoms with van der Waals surface area (Å²) >= 11 is 0. The van der Waals surface area contributed by atoms with Crippen LogP contribution in [0.5, 0.6) is 11.5 Å². The fourth-order valence-electron chi connectivity index (χ4n) is 3.71. The Morgan fingerprint density at radius 2 is 1.86 bits per heavy atom. The van der Waals surface area contributed by atoms with Gasteiger partial charge >= 0.3 is 1.43 Å². The molecule has 0 spiro atoms. The van der Waals surface area contributed by atoms with E-state index >= 15 is 0 Å². The van der Waals surface area contributed by atoms with Gasteiger partial charge in [0.1, 0.15) is 11.9 Å². The molecule has 9 nitrogen and oxygen atoms in total. The van der Waals surface area contributed by atoms with Gasteiger partial charge in [-0.2, -0.15) is 4.98 Å². The number of nitrogen functional groups attached to an aromatic ring is 1. The summed E-state index contributed by atoms with van der Waals surface area (Å²) < 4.78 is 16.2. The number of methoxy groups -OCH3 is 2. The summed E-state index contributed by atoms with van der Waals surface area (Å²) in [5.74, 6) is 2.21. The molecule has 2 aliphatic rings. The van der Waals surface area contributed by atoms with Gasteiger partial charge in [-0.1, -0.05) is 0 Å². The molecule has 158 valence electrons. The lowest BCUT2D eigenvalue weighted by Crippen LogP contribution is -3.00. The molecule has 29 heavy (non-hydrogen) atoms. The summed E-state index contributed by atoms with van der Waals surface area (Å²) in [4.78, 5) is 25.6. The molecular formula is C19H26ClN5O4. The maximum absolute atomic E-state index is 12.5. The number of amides is 1. The highest BCUT2D eigenvalue weighted by Crippen LogP contribution is 2.34. The van der Waals surface area contributed by atoms with Crippen LogP contribution in [0.4, 0.5) is 11.8 Å². The Labute approximate surface area is 177 Å². The number of piperazine rings is 1. The SMILES string of the molecule is COc1cc2nc(N3CCN(C(=O)C4CCCO4)CC3)nc(N)c2cc1OC.[Cl-].[H+]. The zero-order chi connectivity index (χ0) is 19.7. The highest BCUT2D eigenvalue weighted by molar-refractivity contribution is 5.91. The molecule has 1 aromatic carbocycles. The Morgan fingerprint density at radius 1 is 1.17 bits per heavy atom. The van der Waals surface area contributed by atoms with Crippen molar-refractivity contribution in [1.82, 2.24) is 14.9 Å². The van der Waals surface area contributed by atoms with Crippen molar-refractivity contribution in [3.63, 3.8) is 0 Å². The lowest BCUT2D eigenvalue weighted by atomic mass is 10.2. The van der Waals surface area contributed by atoms with Crippen LogP contribution in [0.1, 0.15) is 14.3 Å². The Kier molecular flexibility index (Phi) is 6.49. The second-order valence-corrected chi connectivity index (χ2v) is 6.95. The molecule has 2 aliphatic heterocycles. The van der Waals surface area contributed by atoms with E-state index in [0.29, 0.717) is 67.0 Å². The molecule has 1 amide bonds. The van der Waals surface area contributed by atoms with Crippen molar-refractivity contribution in [3.05, 3.63) is 12.1 Å². The third-order valence-corrected chi connectivity index (χ3v) is 5.30. The average molecular weight is 424 g/mol. The van der Waals surface area contributed by atoms with Crippen LogP contribution in [0.3, 0.4) is 0 Å². The van der Waals surface area contributed by atoms with E-state index in [-0.39, 0.29) is 25.8 Å². The topological polar surface area (TPSA) is 103 Å². The van der Waals surface area contributed by atoms with Crippen LogP contribution in [0.25, 0.3) is 10.9 Å². The minimum absolute atomic E-state index is 0. The van der Waals surface area contributed by atoms with Crippen molar-refractivity contribution in [1.29, 1.82) is 0 Å². The van der Waals surface area contributed by atoms with E-state index < -0.39 is 0 Å². The van der Waals surface area contributed by atoms with Gasteiger partial charge in [-0.3, -0.25) is 4.79 Å². The number of rotatable bonds is 4. The Bertz CT molecular complexity index is 889. The molecule has 2 N–H and O–H groups in total. The molecular weight excluding hydrogens is 398 g/mol. The van der Waals surface area contributed by atoms with Crippen molar-refractivity contribution < 1.29 is 32.8 Å². The van der Waals surface area contributed by atoms with Crippen LogP contribution in [0, 0.1) is 0 Å². The van der Waals surface area contributed by atoms with E-state index in [1.807, 2.05) is 9.80 Å². The zero-order valence-electron chi connectivity index (χ0n) is 17.6.